The van der Waals surface area contributed by atoms with Gasteiger partial charge in [0.2, 0.25) is 0 Å². The number of aromatic nitrogens is 2. The molecule has 2 heterocycles. The molecule has 1 aliphatic rings. The van der Waals surface area contributed by atoms with Crippen molar-refractivity contribution in [3.8, 4) is 0 Å². The van der Waals surface area contributed by atoms with E-state index in [1.54, 1.807) is 0 Å². The molecule has 0 bridgehead atoms. The highest BCUT2D eigenvalue weighted by atomic mass is 19.4. The number of alkyl halides is 3. The Balaban J connectivity index is 2.08. The molecule has 17 heavy (non-hydrogen) atoms. The number of halogens is 3. The minimum Gasteiger partial charge on any atom is -0.353 e. The summed E-state index contributed by atoms with van der Waals surface area (Å²) < 4.78 is 36.9. The third-order valence-corrected chi connectivity index (χ3v) is 2.77. The number of hydrogen-bond acceptors (Lipinski definition) is 4. The van der Waals surface area contributed by atoms with E-state index in [0.717, 1.165) is 32.2 Å². The predicted molar refractivity (Wildman–Crippen MR) is 56.7 cm³/mol. The van der Waals surface area contributed by atoms with Gasteiger partial charge in [0.15, 0.2) is 11.5 Å². The Morgan fingerprint density at radius 2 is 1.71 bits per heavy atom. The van der Waals surface area contributed by atoms with Crippen molar-refractivity contribution in [2.75, 3.05) is 38.1 Å². The van der Waals surface area contributed by atoms with E-state index in [1.807, 2.05) is 11.9 Å². The van der Waals surface area contributed by atoms with Gasteiger partial charge >= 0.3 is 6.18 Å². The van der Waals surface area contributed by atoms with Crippen molar-refractivity contribution in [2.24, 2.45) is 0 Å². The Labute approximate surface area is 97.0 Å². The van der Waals surface area contributed by atoms with Crippen LogP contribution >= 0.6 is 0 Å². The third-order valence-electron chi connectivity index (χ3n) is 2.77. The van der Waals surface area contributed by atoms with Crippen molar-refractivity contribution in [3.63, 3.8) is 0 Å². The SMILES string of the molecule is CN1CCN(c2ccc(C(F)(F)F)nn2)CC1. The molecule has 0 aromatic carbocycles. The molecule has 0 saturated carbocycles. The van der Waals surface area contributed by atoms with Crippen molar-refractivity contribution in [2.45, 2.75) is 6.18 Å². The molecule has 0 atom stereocenters. The molecule has 7 heteroatoms. The van der Waals surface area contributed by atoms with Crippen LogP contribution in [-0.2, 0) is 6.18 Å². The second-order valence-corrected chi connectivity index (χ2v) is 4.06. The molecule has 0 amide bonds. The number of rotatable bonds is 1. The number of hydrogen-bond donors (Lipinski definition) is 0. The van der Waals surface area contributed by atoms with Crippen LogP contribution in [0.5, 0.6) is 0 Å². The molecule has 0 N–H and O–H groups in total. The van der Waals surface area contributed by atoms with Crippen LogP contribution in [0.3, 0.4) is 0 Å². The zero-order chi connectivity index (χ0) is 12.5. The summed E-state index contributed by atoms with van der Waals surface area (Å²) in [6.45, 7) is 3.28. The average Bonchev–Trinajstić information content (AvgIpc) is 2.29. The van der Waals surface area contributed by atoms with Crippen molar-refractivity contribution in [1.29, 1.82) is 0 Å². The summed E-state index contributed by atoms with van der Waals surface area (Å²) in [6.07, 6.45) is -4.42. The van der Waals surface area contributed by atoms with Gasteiger partial charge in [-0.3, -0.25) is 0 Å². The van der Waals surface area contributed by atoms with Gasteiger partial charge in [-0.25, -0.2) is 0 Å². The van der Waals surface area contributed by atoms with Gasteiger partial charge < -0.3 is 9.80 Å². The van der Waals surface area contributed by atoms with Crippen LogP contribution in [0.15, 0.2) is 12.1 Å². The lowest BCUT2D eigenvalue weighted by Gasteiger charge is -2.32. The largest absolute Gasteiger partial charge is 0.435 e. The highest BCUT2D eigenvalue weighted by molar-refractivity contribution is 5.38. The second-order valence-electron chi connectivity index (χ2n) is 4.06. The highest BCUT2D eigenvalue weighted by Gasteiger charge is 2.33. The summed E-state index contributed by atoms with van der Waals surface area (Å²) in [5.41, 5.74) is -0.949. The fraction of sp³-hybridized carbons (Fsp3) is 0.600. The van der Waals surface area contributed by atoms with Gasteiger partial charge in [-0.2, -0.15) is 13.2 Å². The minimum atomic E-state index is -4.42. The molecule has 1 aliphatic heterocycles. The maximum absolute atomic E-state index is 12.3. The Bertz CT molecular complexity index is 368. The molecule has 1 aromatic rings. The molecule has 2 rings (SSSR count). The van der Waals surface area contributed by atoms with E-state index in [9.17, 15) is 13.2 Å². The molecule has 0 radical (unpaired) electrons. The molecule has 1 fully saturated rings. The van der Waals surface area contributed by atoms with Crippen LogP contribution in [-0.4, -0.2) is 48.3 Å². The summed E-state index contributed by atoms with van der Waals surface area (Å²) in [7, 11) is 2.01. The van der Waals surface area contributed by atoms with Gasteiger partial charge in [0, 0.05) is 26.2 Å². The first-order valence-electron chi connectivity index (χ1n) is 5.31. The minimum absolute atomic E-state index is 0.506. The smallest absolute Gasteiger partial charge is 0.353 e. The lowest BCUT2D eigenvalue weighted by atomic mass is 10.3. The second kappa shape index (κ2) is 4.48. The Morgan fingerprint density at radius 3 is 2.18 bits per heavy atom. The van der Waals surface area contributed by atoms with Gasteiger partial charge in [-0.15, -0.1) is 10.2 Å². The normalized spacial score (nSPS) is 18.5. The Kier molecular flexibility index (Phi) is 3.19. The lowest BCUT2D eigenvalue weighted by molar-refractivity contribution is -0.141. The first-order chi connectivity index (χ1) is 7.97. The standard InChI is InChI=1S/C10H13F3N4/c1-16-4-6-17(7-5-16)9-3-2-8(14-15-9)10(11,12)13/h2-3H,4-7H2,1H3. The molecule has 0 aliphatic carbocycles. The maximum atomic E-state index is 12.3. The number of likely N-dealkylation sites (N-methyl/N-ethyl adjacent to an activating group) is 1. The van der Waals surface area contributed by atoms with Crippen LogP contribution < -0.4 is 4.90 Å². The monoisotopic (exact) mass is 246 g/mol. The van der Waals surface area contributed by atoms with Crippen molar-refractivity contribution in [3.05, 3.63) is 17.8 Å². The summed E-state index contributed by atoms with van der Waals surface area (Å²) in [5, 5.41) is 6.85. The van der Waals surface area contributed by atoms with Crippen LogP contribution in [0.4, 0.5) is 19.0 Å². The molecular weight excluding hydrogens is 233 g/mol. The third kappa shape index (κ3) is 2.85. The summed E-state index contributed by atoms with van der Waals surface area (Å²) >= 11 is 0. The molecular formula is C10H13F3N4. The lowest BCUT2D eigenvalue weighted by Crippen LogP contribution is -2.44. The molecule has 1 aromatic heterocycles. The quantitative estimate of drug-likeness (QED) is 0.746. The van der Waals surface area contributed by atoms with Crippen molar-refractivity contribution < 1.29 is 13.2 Å². The molecule has 94 valence electrons. The van der Waals surface area contributed by atoms with Crippen LogP contribution in [0.25, 0.3) is 0 Å². The van der Waals surface area contributed by atoms with E-state index in [1.165, 1.54) is 6.07 Å². The van der Waals surface area contributed by atoms with E-state index in [-0.39, 0.29) is 0 Å². The van der Waals surface area contributed by atoms with E-state index >= 15 is 0 Å². The molecule has 0 unspecified atom stereocenters. The zero-order valence-corrected chi connectivity index (χ0v) is 9.41. The summed E-state index contributed by atoms with van der Waals surface area (Å²) in [6, 6.07) is 2.35. The van der Waals surface area contributed by atoms with Gasteiger partial charge in [-0.05, 0) is 19.2 Å². The first kappa shape index (κ1) is 12.1. The molecule has 4 nitrogen and oxygen atoms in total. The van der Waals surface area contributed by atoms with Crippen LogP contribution in [0.2, 0.25) is 0 Å². The highest BCUT2D eigenvalue weighted by Crippen LogP contribution is 2.27. The number of anilines is 1. The maximum Gasteiger partial charge on any atom is 0.435 e. The Hall–Kier alpha value is -1.37. The fourth-order valence-electron chi connectivity index (χ4n) is 1.68. The van der Waals surface area contributed by atoms with Gasteiger partial charge in [-0.1, -0.05) is 0 Å². The zero-order valence-electron chi connectivity index (χ0n) is 9.41. The van der Waals surface area contributed by atoms with Crippen molar-refractivity contribution >= 4 is 5.82 Å². The van der Waals surface area contributed by atoms with E-state index in [4.69, 9.17) is 0 Å². The van der Waals surface area contributed by atoms with Crippen LogP contribution in [0.1, 0.15) is 5.69 Å². The van der Waals surface area contributed by atoms with E-state index in [2.05, 4.69) is 15.1 Å². The summed E-state index contributed by atoms with van der Waals surface area (Å²) in [5.74, 6) is 0.506. The van der Waals surface area contributed by atoms with Crippen molar-refractivity contribution in [1.82, 2.24) is 15.1 Å². The van der Waals surface area contributed by atoms with Crippen LogP contribution in [0, 0.1) is 0 Å². The summed E-state index contributed by atoms with van der Waals surface area (Å²) in [4.78, 5) is 4.10. The fourth-order valence-corrected chi connectivity index (χ4v) is 1.68. The predicted octanol–water partition coefficient (Wildman–Crippen LogP) is 1.25. The topological polar surface area (TPSA) is 32.3 Å². The average molecular weight is 246 g/mol. The molecule has 1 saturated heterocycles. The number of piperazine rings is 1. The van der Waals surface area contributed by atoms with Gasteiger partial charge in [0.1, 0.15) is 0 Å². The Morgan fingerprint density at radius 1 is 1.06 bits per heavy atom. The van der Waals surface area contributed by atoms with E-state index < -0.39 is 11.9 Å². The van der Waals surface area contributed by atoms with Gasteiger partial charge in [0.25, 0.3) is 0 Å². The number of nitrogens with zero attached hydrogens (tertiary/aromatic N) is 4. The van der Waals surface area contributed by atoms with E-state index in [0.29, 0.717) is 5.82 Å². The first-order valence-corrected chi connectivity index (χ1v) is 5.31. The van der Waals surface area contributed by atoms with Gasteiger partial charge in [0.05, 0.1) is 0 Å². The molecule has 0 spiro atoms.